The Bertz CT molecular complexity index is 449. The van der Waals surface area contributed by atoms with E-state index in [1.54, 1.807) is 19.1 Å². The van der Waals surface area contributed by atoms with Gasteiger partial charge in [-0.25, -0.2) is 0 Å². The van der Waals surface area contributed by atoms with Crippen molar-refractivity contribution in [1.82, 2.24) is 5.32 Å². The minimum Gasteiger partial charge on any atom is -0.479 e. The van der Waals surface area contributed by atoms with Crippen LogP contribution in [0.3, 0.4) is 0 Å². The molecule has 0 bridgehead atoms. The highest BCUT2D eigenvalue weighted by Crippen LogP contribution is 2.28. The minimum atomic E-state index is -0.578. The molecule has 112 valence electrons. The van der Waals surface area contributed by atoms with E-state index in [0.29, 0.717) is 17.3 Å². The van der Waals surface area contributed by atoms with Gasteiger partial charge in [-0.2, -0.15) is 0 Å². The summed E-state index contributed by atoms with van der Waals surface area (Å²) in [4.78, 5) is 11.8. The lowest BCUT2D eigenvalue weighted by Gasteiger charge is -2.16. The molecule has 2 unspecified atom stereocenters. The van der Waals surface area contributed by atoms with Gasteiger partial charge in [-0.15, -0.1) is 0 Å². The van der Waals surface area contributed by atoms with Crippen LogP contribution in [0.25, 0.3) is 0 Å². The molecule has 3 N–H and O–H groups in total. The normalized spacial score (nSPS) is 13.7. The minimum absolute atomic E-state index is 0.0867. The van der Waals surface area contributed by atoms with E-state index in [1.807, 2.05) is 13.0 Å². The van der Waals surface area contributed by atoms with Gasteiger partial charge in [0.15, 0.2) is 6.10 Å². The number of nitrogens with two attached hydrogens (primary N) is 1. The first kappa shape index (κ1) is 16.8. The van der Waals surface area contributed by atoms with Gasteiger partial charge in [0.05, 0.1) is 5.02 Å². The highest BCUT2D eigenvalue weighted by molar-refractivity contribution is 6.32. The van der Waals surface area contributed by atoms with E-state index in [0.717, 1.165) is 18.4 Å². The smallest absolute Gasteiger partial charge is 0.260 e. The molecule has 1 amide bonds. The first-order chi connectivity index (χ1) is 9.45. The Morgan fingerprint density at radius 3 is 2.70 bits per heavy atom. The van der Waals surface area contributed by atoms with E-state index < -0.39 is 6.10 Å². The lowest BCUT2D eigenvalue weighted by molar-refractivity contribution is -0.127. The Hall–Kier alpha value is -1.26. The third-order valence-electron chi connectivity index (χ3n) is 2.98. The average molecular weight is 299 g/mol. The molecular formula is C15H23ClN2O2. The van der Waals surface area contributed by atoms with Crippen LogP contribution in [0.1, 0.15) is 45.2 Å². The SMILES string of the molecule is CCCCNC(=O)C(C)Oc1ccc(C(C)N)cc1Cl. The summed E-state index contributed by atoms with van der Waals surface area (Å²) in [5.41, 5.74) is 6.72. The number of benzene rings is 1. The zero-order valence-electron chi connectivity index (χ0n) is 12.3. The number of halogens is 1. The molecule has 0 aliphatic carbocycles. The monoisotopic (exact) mass is 298 g/mol. The molecule has 1 aromatic rings. The maximum Gasteiger partial charge on any atom is 0.260 e. The van der Waals surface area contributed by atoms with Crippen LogP contribution in [0.5, 0.6) is 5.75 Å². The number of amides is 1. The van der Waals surface area contributed by atoms with Crippen LogP contribution in [-0.4, -0.2) is 18.6 Å². The van der Waals surface area contributed by atoms with E-state index in [-0.39, 0.29) is 11.9 Å². The highest BCUT2D eigenvalue weighted by Gasteiger charge is 2.16. The fourth-order valence-corrected chi connectivity index (χ4v) is 1.91. The Labute approximate surface area is 125 Å². The molecule has 0 aromatic heterocycles. The Balaban J connectivity index is 2.61. The van der Waals surface area contributed by atoms with E-state index in [9.17, 15) is 4.79 Å². The van der Waals surface area contributed by atoms with Crippen LogP contribution >= 0.6 is 11.6 Å². The summed E-state index contributed by atoms with van der Waals surface area (Å²) in [6.45, 7) is 6.33. The van der Waals surface area contributed by atoms with Crippen molar-refractivity contribution in [3.05, 3.63) is 28.8 Å². The van der Waals surface area contributed by atoms with Gasteiger partial charge >= 0.3 is 0 Å². The summed E-state index contributed by atoms with van der Waals surface area (Å²) in [5, 5.41) is 3.29. The Morgan fingerprint density at radius 2 is 2.15 bits per heavy atom. The van der Waals surface area contributed by atoms with Crippen LogP contribution in [0.2, 0.25) is 5.02 Å². The standard InChI is InChI=1S/C15H23ClN2O2/c1-4-5-8-18-15(19)11(3)20-14-7-6-12(10(2)17)9-13(14)16/h6-7,9-11H,4-5,8,17H2,1-3H3,(H,18,19). The summed E-state index contributed by atoms with van der Waals surface area (Å²) in [6.07, 6.45) is 1.42. The molecule has 0 heterocycles. The number of unbranched alkanes of at least 4 members (excludes halogenated alkanes) is 1. The molecule has 0 saturated heterocycles. The average Bonchev–Trinajstić information content (AvgIpc) is 2.40. The topological polar surface area (TPSA) is 64.3 Å². The molecular weight excluding hydrogens is 276 g/mol. The third kappa shape index (κ3) is 5.02. The molecule has 4 nitrogen and oxygen atoms in total. The van der Waals surface area contributed by atoms with E-state index in [2.05, 4.69) is 12.2 Å². The van der Waals surface area contributed by atoms with Gasteiger partial charge in [-0.05, 0) is 38.0 Å². The van der Waals surface area contributed by atoms with Gasteiger partial charge in [0, 0.05) is 12.6 Å². The lowest BCUT2D eigenvalue weighted by atomic mass is 10.1. The first-order valence-corrected chi connectivity index (χ1v) is 7.32. The number of carbonyl (C=O) groups excluding carboxylic acids is 1. The van der Waals surface area contributed by atoms with Gasteiger partial charge in [-0.1, -0.05) is 31.0 Å². The highest BCUT2D eigenvalue weighted by atomic mass is 35.5. The van der Waals surface area contributed by atoms with Crippen molar-refractivity contribution < 1.29 is 9.53 Å². The molecule has 2 atom stereocenters. The van der Waals surface area contributed by atoms with Crippen molar-refractivity contribution in [3.8, 4) is 5.75 Å². The number of hydrogen-bond donors (Lipinski definition) is 2. The molecule has 5 heteroatoms. The molecule has 0 spiro atoms. The van der Waals surface area contributed by atoms with Gasteiger partial charge in [0.25, 0.3) is 5.91 Å². The largest absolute Gasteiger partial charge is 0.479 e. The van der Waals surface area contributed by atoms with Crippen molar-refractivity contribution >= 4 is 17.5 Å². The Kier molecular flexibility index (Phi) is 6.82. The number of carbonyl (C=O) groups is 1. The van der Waals surface area contributed by atoms with Crippen LogP contribution in [0.15, 0.2) is 18.2 Å². The van der Waals surface area contributed by atoms with Crippen LogP contribution < -0.4 is 15.8 Å². The molecule has 0 saturated carbocycles. The maximum atomic E-state index is 11.8. The predicted molar refractivity (Wildman–Crippen MR) is 82.1 cm³/mol. The van der Waals surface area contributed by atoms with Gasteiger partial charge < -0.3 is 15.8 Å². The summed E-state index contributed by atoms with van der Waals surface area (Å²) >= 11 is 6.14. The maximum absolute atomic E-state index is 11.8. The van der Waals surface area contributed by atoms with Crippen molar-refractivity contribution in [1.29, 1.82) is 0 Å². The van der Waals surface area contributed by atoms with Gasteiger partial charge in [0.1, 0.15) is 5.75 Å². The van der Waals surface area contributed by atoms with E-state index >= 15 is 0 Å². The molecule has 0 radical (unpaired) electrons. The lowest BCUT2D eigenvalue weighted by Crippen LogP contribution is -2.36. The van der Waals surface area contributed by atoms with Crippen LogP contribution in [-0.2, 0) is 4.79 Å². The van der Waals surface area contributed by atoms with Gasteiger partial charge in [-0.3, -0.25) is 4.79 Å². The molecule has 1 rings (SSSR count). The van der Waals surface area contributed by atoms with E-state index in [4.69, 9.17) is 22.1 Å². The molecule has 20 heavy (non-hydrogen) atoms. The molecule has 0 fully saturated rings. The second-order valence-corrected chi connectivity index (χ2v) is 5.29. The summed E-state index contributed by atoms with van der Waals surface area (Å²) in [5.74, 6) is 0.361. The summed E-state index contributed by atoms with van der Waals surface area (Å²) < 4.78 is 5.59. The fraction of sp³-hybridized carbons (Fsp3) is 0.533. The third-order valence-corrected chi connectivity index (χ3v) is 3.28. The van der Waals surface area contributed by atoms with Crippen molar-refractivity contribution in [3.63, 3.8) is 0 Å². The molecule has 0 aliphatic rings. The Morgan fingerprint density at radius 1 is 1.45 bits per heavy atom. The van der Waals surface area contributed by atoms with Crippen molar-refractivity contribution in [2.45, 2.75) is 45.8 Å². The van der Waals surface area contributed by atoms with Crippen LogP contribution in [0, 0.1) is 0 Å². The number of nitrogens with one attached hydrogen (secondary N) is 1. The number of hydrogen-bond acceptors (Lipinski definition) is 3. The van der Waals surface area contributed by atoms with Crippen molar-refractivity contribution in [2.75, 3.05) is 6.54 Å². The first-order valence-electron chi connectivity index (χ1n) is 6.95. The second kappa shape index (κ2) is 8.12. The second-order valence-electron chi connectivity index (χ2n) is 4.88. The summed E-state index contributed by atoms with van der Waals surface area (Å²) in [7, 11) is 0. The van der Waals surface area contributed by atoms with Gasteiger partial charge in [0.2, 0.25) is 0 Å². The van der Waals surface area contributed by atoms with Crippen molar-refractivity contribution in [2.24, 2.45) is 5.73 Å². The number of ether oxygens (including phenoxy) is 1. The van der Waals surface area contributed by atoms with E-state index in [1.165, 1.54) is 0 Å². The predicted octanol–water partition coefficient (Wildman–Crippen LogP) is 3.04. The zero-order valence-corrected chi connectivity index (χ0v) is 13.0. The summed E-state index contributed by atoms with van der Waals surface area (Å²) in [6, 6.07) is 5.28. The van der Waals surface area contributed by atoms with Crippen LogP contribution in [0.4, 0.5) is 0 Å². The quantitative estimate of drug-likeness (QED) is 0.761. The zero-order chi connectivity index (χ0) is 15.1. The molecule has 0 aliphatic heterocycles. The number of rotatable bonds is 7. The fourth-order valence-electron chi connectivity index (χ4n) is 1.67. The molecule has 1 aromatic carbocycles.